The molecule has 41 heavy (non-hydrogen) atoms. The first-order chi connectivity index (χ1) is 19.3. The van der Waals surface area contributed by atoms with Crippen LogP contribution in [0.4, 0.5) is 24.5 Å². The lowest BCUT2D eigenvalue weighted by Crippen LogP contribution is -2.21. The van der Waals surface area contributed by atoms with Crippen LogP contribution in [0.3, 0.4) is 0 Å². The Morgan fingerprint density at radius 3 is 2.22 bits per heavy atom. The Kier molecular flexibility index (Phi) is 9.05. The number of nitriles is 1. The number of benzene rings is 2. The number of amides is 2. The number of hydrogen-bond donors (Lipinski definition) is 4. The number of fused-ring (bicyclic) bond motifs is 1. The average molecular weight is 567 g/mol. The predicted molar refractivity (Wildman–Crippen MR) is 139 cm³/mol. The topological polar surface area (TPSA) is 174 Å². The van der Waals surface area contributed by atoms with Crippen LogP contribution >= 0.6 is 0 Å². The van der Waals surface area contributed by atoms with E-state index < -0.39 is 24.0 Å². The maximum Gasteiger partial charge on any atom is 0.490 e. The molecule has 2 amide bonds. The second kappa shape index (κ2) is 12.4. The van der Waals surface area contributed by atoms with Gasteiger partial charge in [0.2, 0.25) is 5.91 Å². The molecule has 2 aromatic heterocycles. The Bertz CT molecular complexity index is 1680. The Labute approximate surface area is 229 Å². The van der Waals surface area contributed by atoms with Crippen molar-refractivity contribution < 1.29 is 42.6 Å². The first-order valence-corrected chi connectivity index (χ1v) is 11.5. The van der Waals surface area contributed by atoms with Gasteiger partial charge >= 0.3 is 18.1 Å². The van der Waals surface area contributed by atoms with Crippen LogP contribution in [-0.4, -0.2) is 49.7 Å². The summed E-state index contributed by atoms with van der Waals surface area (Å²) in [5.41, 5.74) is 2.35. The highest BCUT2D eigenvalue weighted by Gasteiger charge is 2.38. The molecule has 0 atom stereocenters. The molecule has 210 valence electrons. The monoisotopic (exact) mass is 567 g/mol. The van der Waals surface area contributed by atoms with Crippen molar-refractivity contribution in [2.24, 2.45) is 7.05 Å². The summed E-state index contributed by atoms with van der Waals surface area (Å²) in [7, 11) is 1.69. The number of alkyl halides is 3. The summed E-state index contributed by atoms with van der Waals surface area (Å²) in [6.07, 6.45) is -1.67. The number of para-hydroxylation sites is 1. The molecule has 2 heterocycles. The van der Waals surface area contributed by atoms with Crippen molar-refractivity contribution in [3.63, 3.8) is 0 Å². The molecule has 0 aliphatic heterocycles. The summed E-state index contributed by atoms with van der Waals surface area (Å²) in [6, 6.07) is 16.4. The fraction of sp³-hybridized carbons (Fsp3) is 0.111. The normalized spacial score (nSPS) is 10.6. The molecule has 0 spiro atoms. The van der Waals surface area contributed by atoms with Crippen molar-refractivity contribution in [3.8, 4) is 6.07 Å². The molecule has 14 heteroatoms. The number of nitrogens with one attached hydrogen (secondary N) is 2. The Hall–Kier alpha value is -5.71. The molecule has 4 rings (SSSR count). The smallest absolute Gasteiger partial charge is 0.478 e. The van der Waals surface area contributed by atoms with E-state index in [-0.39, 0.29) is 34.8 Å². The molecular weight excluding hydrogens is 547 g/mol. The molecule has 0 aliphatic rings. The van der Waals surface area contributed by atoms with Gasteiger partial charge in [0.05, 0.1) is 40.5 Å². The van der Waals surface area contributed by atoms with E-state index in [4.69, 9.17) is 15.2 Å². The van der Waals surface area contributed by atoms with Crippen molar-refractivity contribution in [2.75, 3.05) is 10.6 Å². The standard InChI is InChI=1S/C25H19N5O4.C2HF3O2/c1-30-21(24(32)29-19-6-5-16(14-26)11-18(19)25(33)34)13-17-3-2-4-20(23(17)30)28-22(31)12-15-7-9-27-10-8-15;3-2(4,5)1(6)7/h2-11,13H,12H2,1H3,(H,28,31)(H,29,32)(H,33,34);(H,6,7). The second-order valence-electron chi connectivity index (χ2n) is 8.35. The highest BCUT2D eigenvalue weighted by molar-refractivity contribution is 6.11. The summed E-state index contributed by atoms with van der Waals surface area (Å²) < 4.78 is 33.4. The summed E-state index contributed by atoms with van der Waals surface area (Å²) in [6.45, 7) is 0. The quantitative estimate of drug-likeness (QED) is 0.268. The minimum atomic E-state index is -5.08. The number of pyridine rings is 1. The lowest BCUT2D eigenvalue weighted by molar-refractivity contribution is -0.192. The number of aromatic nitrogens is 2. The maximum absolute atomic E-state index is 13.0. The molecule has 0 aliphatic carbocycles. The first kappa shape index (κ1) is 29.8. The van der Waals surface area contributed by atoms with Crippen molar-refractivity contribution >= 4 is 46.0 Å². The van der Waals surface area contributed by atoms with Gasteiger partial charge in [0, 0.05) is 24.8 Å². The Balaban J connectivity index is 0.000000587. The lowest BCUT2D eigenvalue weighted by atomic mass is 10.1. The minimum absolute atomic E-state index is 0.0765. The molecule has 0 saturated heterocycles. The summed E-state index contributed by atoms with van der Waals surface area (Å²) in [5, 5.41) is 31.8. The van der Waals surface area contributed by atoms with Gasteiger partial charge in [-0.1, -0.05) is 12.1 Å². The lowest BCUT2D eigenvalue weighted by Gasteiger charge is -2.11. The van der Waals surface area contributed by atoms with E-state index in [9.17, 15) is 32.7 Å². The number of rotatable bonds is 6. The van der Waals surface area contributed by atoms with Crippen LogP contribution in [-0.2, 0) is 23.1 Å². The third-order valence-corrected chi connectivity index (χ3v) is 5.55. The van der Waals surface area contributed by atoms with E-state index in [1.165, 1.54) is 18.2 Å². The van der Waals surface area contributed by atoms with Crippen molar-refractivity contribution in [1.29, 1.82) is 5.26 Å². The van der Waals surface area contributed by atoms with Crippen LogP contribution in [0.5, 0.6) is 0 Å². The Morgan fingerprint density at radius 1 is 0.976 bits per heavy atom. The minimum Gasteiger partial charge on any atom is -0.478 e. The molecule has 0 saturated carbocycles. The van der Waals surface area contributed by atoms with Crippen molar-refractivity contribution in [3.05, 3.63) is 89.4 Å². The van der Waals surface area contributed by atoms with Crippen molar-refractivity contribution in [2.45, 2.75) is 12.6 Å². The third kappa shape index (κ3) is 7.45. The maximum atomic E-state index is 13.0. The van der Waals surface area contributed by atoms with E-state index in [1.807, 2.05) is 12.1 Å². The molecule has 2 aromatic carbocycles. The van der Waals surface area contributed by atoms with Crippen LogP contribution in [0.1, 0.15) is 32.0 Å². The van der Waals surface area contributed by atoms with Gasteiger partial charge in [-0.3, -0.25) is 14.6 Å². The number of carboxylic acid groups (broad SMARTS) is 2. The highest BCUT2D eigenvalue weighted by atomic mass is 19.4. The van der Waals surface area contributed by atoms with Gasteiger partial charge in [-0.2, -0.15) is 18.4 Å². The Morgan fingerprint density at radius 2 is 1.63 bits per heavy atom. The summed E-state index contributed by atoms with van der Waals surface area (Å²) in [5.74, 6) is -4.76. The predicted octanol–water partition coefficient (Wildman–Crippen LogP) is 4.21. The van der Waals surface area contributed by atoms with Gasteiger partial charge in [-0.15, -0.1) is 0 Å². The number of anilines is 2. The fourth-order valence-electron chi connectivity index (χ4n) is 3.70. The molecule has 0 radical (unpaired) electrons. The molecule has 11 nitrogen and oxygen atoms in total. The average Bonchev–Trinajstić information content (AvgIpc) is 3.26. The number of aromatic carboxylic acids is 1. The zero-order chi connectivity index (χ0) is 30.3. The van der Waals surface area contributed by atoms with E-state index >= 15 is 0 Å². The number of hydrogen-bond acceptors (Lipinski definition) is 6. The molecule has 0 bridgehead atoms. The number of carbonyl (C=O) groups excluding carboxylic acids is 2. The SMILES string of the molecule is Cn1c(C(=O)Nc2ccc(C#N)cc2C(=O)O)cc2cccc(NC(=O)Cc3ccncc3)c21.O=C(O)C(F)(F)F. The van der Waals surface area contributed by atoms with Gasteiger partial charge in [-0.25, -0.2) is 9.59 Å². The first-order valence-electron chi connectivity index (χ1n) is 11.5. The van der Waals surface area contributed by atoms with Gasteiger partial charge in [0.15, 0.2) is 0 Å². The van der Waals surface area contributed by atoms with Crippen LogP contribution in [0.2, 0.25) is 0 Å². The number of nitrogens with zero attached hydrogens (tertiary/aromatic N) is 3. The largest absolute Gasteiger partial charge is 0.490 e. The number of aryl methyl sites for hydroxylation is 1. The van der Waals surface area contributed by atoms with Crippen LogP contribution in [0.25, 0.3) is 10.9 Å². The third-order valence-electron chi connectivity index (χ3n) is 5.55. The van der Waals surface area contributed by atoms with Gasteiger partial charge in [-0.05, 0) is 48.0 Å². The summed E-state index contributed by atoms with van der Waals surface area (Å²) in [4.78, 5) is 50.0. The number of carboxylic acids is 2. The van der Waals surface area contributed by atoms with Crippen molar-refractivity contribution in [1.82, 2.24) is 9.55 Å². The van der Waals surface area contributed by atoms with Gasteiger partial charge < -0.3 is 25.4 Å². The molecule has 0 fully saturated rings. The van der Waals surface area contributed by atoms with Gasteiger partial charge in [0.25, 0.3) is 5.91 Å². The zero-order valence-electron chi connectivity index (χ0n) is 21.1. The summed E-state index contributed by atoms with van der Waals surface area (Å²) >= 11 is 0. The van der Waals surface area contributed by atoms with Crippen LogP contribution in [0.15, 0.2) is 67.0 Å². The van der Waals surface area contributed by atoms with Crippen LogP contribution < -0.4 is 10.6 Å². The molecular formula is C27H20F3N5O6. The van der Waals surface area contributed by atoms with E-state index in [2.05, 4.69) is 15.6 Å². The number of carbonyl (C=O) groups is 4. The second-order valence-corrected chi connectivity index (χ2v) is 8.35. The number of aliphatic carboxylic acids is 1. The van der Waals surface area contributed by atoms with Gasteiger partial charge in [0.1, 0.15) is 5.69 Å². The zero-order valence-corrected chi connectivity index (χ0v) is 21.1. The molecule has 4 N–H and O–H groups in total. The molecule has 4 aromatic rings. The fourth-order valence-corrected chi connectivity index (χ4v) is 3.70. The van der Waals surface area contributed by atoms with E-state index in [0.717, 1.165) is 10.9 Å². The van der Waals surface area contributed by atoms with E-state index in [0.29, 0.717) is 11.2 Å². The van der Waals surface area contributed by atoms with E-state index in [1.54, 1.807) is 54.3 Å². The van der Waals surface area contributed by atoms with Crippen LogP contribution in [0, 0.1) is 11.3 Å². The number of halogens is 3. The molecule has 0 unspecified atom stereocenters. The highest BCUT2D eigenvalue weighted by Crippen LogP contribution is 2.28.